The van der Waals surface area contributed by atoms with Crippen LogP contribution >= 0.6 is 0 Å². The molecule has 0 radical (unpaired) electrons. The van der Waals surface area contributed by atoms with Gasteiger partial charge in [-0.1, -0.05) is 30.9 Å². The van der Waals surface area contributed by atoms with E-state index in [1.807, 2.05) is 0 Å². The van der Waals surface area contributed by atoms with E-state index in [1.54, 1.807) is 0 Å². The van der Waals surface area contributed by atoms with Crippen molar-refractivity contribution in [3.05, 3.63) is 12.2 Å². The first-order valence-electron chi connectivity index (χ1n) is 3.68. The summed E-state index contributed by atoms with van der Waals surface area (Å²) in [5.41, 5.74) is 0. The quantitative estimate of drug-likeness (QED) is 0.448. The fraction of sp³-hybridized carbons (Fsp3) is 0.556. The zero-order chi connectivity index (χ0) is 7.40. The molecular formula is C9H12O. The van der Waals surface area contributed by atoms with Gasteiger partial charge in [-0.25, -0.2) is 0 Å². The summed E-state index contributed by atoms with van der Waals surface area (Å²) in [7, 11) is 0. The molecule has 2 unspecified atom stereocenters. The summed E-state index contributed by atoms with van der Waals surface area (Å²) < 4.78 is 0. The molecule has 2 atom stereocenters. The number of hydrogen-bond acceptors (Lipinski definition) is 1. The van der Waals surface area contributed by atoms with Crippen LogP contribution in [0.25, 0.3) is 0 Å². The maximum Gasteiger partial charge on any atom is 0.116 e. The number of rotatable bonds is 2. The predicted octanol–water partition coefficient (Wildman–Crippen LogP) is 1.34. The number of hydrogen-bond donors (Lipinski definition) is 1. The highest BCUT2D eigenvalue weighted by atomic mass is 16.3. The van der Waals surface area contributed by atoms with Crippen LogP contribution in [-0.4, -0.2) is 11.2 Å². The van der Waals surface area contributed by atoms with Crippen LogP contribution in [0, 0.1) is 17.8 Å². The number of allylic oxidation sites excluding steroid dienone is 2. The van der Waals surface area contributed by atoms with Crippen molar-refractivity contribution in [2.75, 3.05) is 0 Å². The molecule has 0 aromatic rings. The van der Waals surface area contributed by atoms with E-state index < -0.39 is 0 Å². The van der Waals surface area contributed by atoms with Crippen LogP contribution < -0.4 is 0 Å². The highest BCUT2D eigenvalue weighted by Crippen LogP contribution is 2.12. The fourth-order valence-electron chi connectivity index (χ4n) is 0.989. The molecule has 1 aliphatic rings. The molecule has 0 saturated carbocycles. The van der Waals surface area contributed by atoms with E-state index in [-0.39, 0.29) is 6.10 Å². The van der Waals surface area contributed by atoms with E-state index in [4.69, 9.17) is 5.11 Å². The van der Waals surface area contributed by atoms with Gasteiger partial charge < -0.3 is 5.11 Å². The van der Waals surface area contributed by atoms with E-state index in [9.17, 15) is 0 Å². The predicted molar refractivity (Wildman–Crippen MR) is 41.3 cm³/mol. The molecule has 1 aliphatic carbocycles. The number of aliphatic hydroxyl groups is 1. The SMILES string of the molecule is CC/C=C\C1C#CC(O)C1. The Hall–Kier alpha value is -0.740. The molecule has 54 valence electrons. The molecule has 0 amide bonds. The van der Waals surface area contributed by atoms with Crippen molar-refractivity contribution in [3.63, 3.8) is 0 Å². The standard InChI is InChI=1S/C9H12O/c1-2-3-4-8-5-6-9(10)7-8/h3-4,8-10H,2,7H2,1H3/b4-3-. The van der Waals surface area contributed by atoms with E-state index in [0.29, 0.717) is 5.92 Å². The van der Waals surface area contributed by atoms with Crippen molar-refractivity contribution in [3.8, 4) is 11.8 Å². The lowest BCUT2D eigenvalue weighted by atomic mass is 10.1. The molecular weight excluding hydrogens is 124 g/mol. The van der Waals surface area contributed by atoms with E-state index in [2.05, 4.69) is 30.9 Å². The third-order valence-corrected chi connectivity index (χ3v) is 1.52. The van der Waals surface area contributed by atoms with E-state index in [0.717, 1.165) is 12.8 Å². The highest BCUT2D eigenvalue weighted by Gasteiger charge is 2.12. The lowest BCUT2D eigenvalue weighted by molar-refractivity contribution is 0.222. The van der Waals surface area contributed by atoms with Crippen LogP contribution in [0.4, 0.5) is 0 Å². The van der Waals surface area contributed by atoms with Gasteiger partial charge in [0.1, 0.15) is 6.10 Å². The zero-order valence-corrected chi connectivity index (χ0v) is 6.17. The second-order valence-corrected chi connectivity index (χ2v) is 2.48. The topological polar surface area (TPSA) is 20.2 Å². The summed E-state index contributed by atoms with van der Waals surface area (Å²) in [6.07, 6.45) is 5.59. The smallest absolute Gasteiger partial charge is 0.116 e. The van der Waals surface area contributed by atoms with Crippen molar-refractivity contribution in [1.82, 2.24) is 0 Å². The highest BCUT2D eigenvalue weighted by molar-refractivity contribution is 5.20. The molecule has 0 bridgehead atoms. The van der Waals surface area contributed by atoms with Crippen LogP contribution in [-0.2, 0) is 0 Å². The van der Waals surface area contributed by atoms with Crippen LogP contribution in [0.1, 0.15) is 19.8 Å². The molecule has 1 rings (SSSR count). The van der Waals surface area contributed by atoms with Crippen molar-refractivity contribution in [2.45, 2.75) is 25.9 Å². The Morgan fingerprint density at radius 2 is 2.40 bits per heavy atom. The largest absolute Gasteiger partial charge is 0.380 e. The fourth-order valence-corrected chi connectivity index (χ4v) is 0.989. The van der Waals surface area contributed by atoms with Gasteiger partial charge in [0.15, 0.2) is 0 Å². The van der Waals surface area contributed by atoms with Crippen LogP contribution in [0.2, 0.25) is 0 Å². The van der Waals surface area contributed by atoms with Gasteiger partial charge in [-0.05, 0) is 6.42 Å². The van der Waals surface area contributed by atoms with Gasteiger partial charge in [0.2, 0.25) is 0 Å². The van der Waals surface area contributed by atoms with Crippen molar-refractivity contribution >= 4 is 0 Å². The molecule has 0 aliphatic heterocycles. The van der Waals surface area contributed by atoms with Gasteiger partial charge in [-0.3, -0.25) is 0 Å². The van der Waals surface area contributed by atoms with Crippen molar-refractivity contribution < 1.29 is 5.11 Å². The molecule has 10 heavy (non-hydrogen) atoms. The second-order valence-electron chi connectivity index (χ2n) is 2.48. The summed E-state index contributed by atoms with van der Waals surface area (Å²) in [6, 6.07) is 0. The minimum Gasteiger partial charge on any atom is -0.380 e. The zero-order valence-electron chi connectivity index (χ0n) is 6.17. The van der Waals surface area contributed by atoms with Crippen LogP contribution in [0.3, 0.4) is 0 Å². The molecule has 1 N–H and O–H groups in total. The van der Waals surface area contributed by atoms with Crippen LogP contribution in [0.15, 0.2) is 12.2 Å². The molecule has 1 heteroatoms. The van der Waals surface area contributed by atoms with Gasteiger partial charge in [0.05, 0.1) is 0 Å². The minimum absolute atomic E-state index is 0.301. The lowest BCUT2D eigenvalue weighted by Gasteiger charge is -1.98. The summed E-state index contributed by atoms with van der Waals surface area (Å²) >= 11 is 0. The molecule has 0 heterocycles. The van der Waals surface area contributed by atoms with E-state index in [1.165, 1.54) is 0 Å². The first kappa shape index (κ1) is 7.37. The monoisotopic (exact) mass is 136 g/mol. The van der Waals surface area contributed by atoms with E-state index >= 15 is 0 Å². The Bertz CT molecular complexity index is 183. The Kier molecular flexibility index (Phi) is 2.53. The Morgan fingerprint density at radius 3 is 2.90 bits per heavy atom. The maximum atomic E-state index is 8.99. The Labute approximate surface area is 61.8 Å². The Morgan fingerprint density at radius 1 is 1.60 bits per heavy atom. The molecule has 0 aromatic carbocycles. The van der Waals surface area contributed by atoms with Gasteiger partial charge in [0.25, 0.3) is 0 Å². The third-order valence-electron chi connectivity index (χ3n) is 1.52. The van der Waals surface area contributed by atoms with Gasteiger partial charge in [-0.15, -0.1) is 0 Å². The average molecular weight is 136 g/mol. The summed E-state index contributed by atoms with van der Waals surface area (Å²) in [4.78, 5) is 0. The van der Waals surface area contributed by atoms with Gasteiger partial charge in [-0.2, -0.15) is 0 Å². The summed E-state index contributed by atoms with van der Waals surface area (Å²) in [5, 5.41) is 8.99. The first-order valence-corrected chi connectivity index (χ1v) is 3.68. The summed E-state index contributed by atoms with van der Waals surface area (Å²) in [6.45, 7) is 2.09. The normalized spacial score (nSPS) is 30.6. The van der Waals surface area contributed by atoms with Crippen molar-refractivity contribution in [1.29, 1.82) is 0 Å². The van der Waals surface area contributed by atoms with Crippen molar-refractivity contribution in [2.24, 2.45) is 5.92 Å². The molecule has 0 aromatic heterocycles. The molecule has 0 saturated heterocycles. The third kappa shape index (κ3) is 1.89. The average Bonchev–Trinajstić information content (AvgIpc) is 2.31. The first-order chi connectivity index (χ1) is 4.83. The van der Waals surface area contributed by atoms with Gasteiger partial charge >= 0.3 is 0 Å². The van der Waals surface area contributed by atoms with Crippen LogP contribution in [0.5, 0.6) is 0 Å². The summed E-state index contributed by atoms with van der Waals surface area (Å²) in [5.74, 6) is 5.99. The molecule has 0 fully saturated rings. The Balaban J connectivity index is 2.35. The van der Waals surface area contributed by atoms with Gasteiger partial charge in [0, 0.05) is 12.3 Å². The number of aliphatic hydroxyl groups excluding tert-OH is 1. The molecule has 0 spiro atoms. The minimum atomic E-state index is -0.383. The maximum absolute atomic E-state index is 8.99. The molecule has 1 nitrogen and oxygen atoms in total. The second kappa shape index (κ2) is 3.43. The lowest BCUT2D eigenvalue weighted by Crippen LogP contribution is -2.00.